The molecule has 1 atom stereocenters. The Bertz CT molecular complexity index is 458. The van der Waals surface area contributed by atoms with Crippen molar-refractivity contribution < 1.29 is 9.53 Å². The molecule has 4 nitrogen and oxygen atoms in total. The van der Waals surface area contributed by atoms with Crippen LogP contribution in [0.5, 0.6) is 0 Å². The first kappa shape index (κ1) is 17.8. The van der Waals surface area contributed by atoms with Crippen molar-refractivity contribution in [2.24, 2.45) is 0 Å². The number of ether oxygens (including phenoxy) is 1. The molecule has 0 bridgehead atoms. The number of carbonyl (C=O) groups is 1. The molecule has 1 aromatic carbocycles. The SMILES string of the molecule is CCC(CNCc1cccc(Cl)c1)NC(=O)OC(C)(C)C. The number of hydrogen-bond acceptors (Lipinski definition) is 3. The monoisotopic (exact) mass is 312 g/mol. The molecule has 2 N–H and O–H groups in total. The number of amides is 1. The van der Waals surface area contributed by atoms with Gasteiger partial charge >= 0.3 is 6.09 Å². The Hall–Kier alpha value is -1.26. The van der Waals surface area contributed by atoms with Gasteiger partial charge in [-0.15, -0.1) is 0 Å². The van der Waals surface area contributed by atoms with Gasteiger partial charge in [-0.2, -0.15) is 0 Å². The van der Waals surface area contributed by atoms with Crippen molar-refractivity contribution in [3.8, 4) is 0 Å². The van der Waals surface area contributed by atoms with E-state index < -0.39 is 5.60 Å². The molecule has 0 radical (unpaired) electrons. The number of nitrogens with one attached hydrogen (secondary N) is 2. The third-order valence-electron chi connectivity index (χ3n) is 2.82. The van der Waals surface area contributed by atoms with Crippen LogP contribution in [0.4, 0.5) is 4.79 Å². The van der Waals surface area contributed by atoms with E-state index in [1.54, 1.807) is 0 Å². The summed E-state index contributed by atoms with van der Waals surface area (Å²) >= 11 is 5.94. The minimum atomic E-state index is -0.476. The molecule has 0 aliphatic heterocycles. The summed E-state index contributed by atoms with van der Waals surface area (Å²) < 4.78 is 5.26. The Morgan fingerprint density at radius 2 is 2.10 bits per heavy atom. The maximum atomic E-state index is 11.7. The molecule has 0 spiro atoms. The Labute approximate surface area is 132 Å². The second kappa shape index (κ2) is 8.25. The topological polar surface area (TPSA) is 50.4 Å². The standard InChI is InChI=1S/C16H25ClN2O2/c1-5-14(19-15(20)21-16(2,3)4)11-18-10-12-7-6-8-13(17)9-12/h6-9,14,18H,5,10-11H2,1-4H3,(H,19,20). The zero-order chi connectivity index (χ0) is 15.9. The van der Waals surface area contributed by atoms with Crippen LogP contribution >= 0.6 is 11.6 Å². The van der Waals surface area contributed by atoms with Crippen LogP contribution in [0.1, 0.15) is 39.7 Å². The maximum absolute atomic E-state index is 11.7. The largest absolute Gasteiger partial charge is 0.444 e. The summed E-state index contributed by atoms with van der Waals surface area (Å²) in [7, 11) is 0. The van der Waals surface area contributed by atoms with Crippen molar-refractivity contribution in [2.45, 2.75) is 52.3 Å². The average Bonchev–Trinajstić information content (AvgIpc) is 2.35. The van der Waals surface area contributed by atoms with E-state index in [0.29, 0.717) is 13.1 Å². The van der Waals surface area contributed by atoms with Crippen LogP contribution in [-0.4, -0.2) is 24.3 Å². The van der Waals surface area contributed by atoms with Crippen LogP contribution in [0.25, 0.3) is 0 Å². The first-order valence-corrected chi connectivity index (χ1v) is 7.62. The Morgan fingerprint density at radius 3 is 2.67 bits per heavy atom. The number of carbonyl (C=O) groups excluding carboxylic acids is 1. The summed E-state index contributed by atoms with van der Waals surface area (Å²) in [5.41, 5.74) is 0.644. The molecule has 0 aliphatic carbocycles. The van der Waals surface area contributed by atoms with E-state index in [2.05, 4.69) is 10.6 Å². The Morgan fingerprint density at radius 1 is 1.38 bits per heavy atom. The second-order valence-electron chi connectivity index (χ2n) is 6.01. The minimum Gasteiger partial charge on any atom is -0.444 e. The van der Waals surface area contributed by atoms with Crippen molar-refractivity contribution in [1.29, 1.82) is 0 Å². The molecule has 1 amide bonds. The number of hydrogen-bond donors (Lipinski definition) is 2. The first-order chi connectivity index (χ1) is 9.80. The predicted molar refractivity (Wildman–Crippen MR) is 86.6 cm³/mol. The second-order valence-corrected chi connectivity index (χ2v) is 6.45. The molecule has 1 unspecified atom stereocenters. The average molecular weight is 313 g/mol. The van der Waals surface area contributed by atoms with E-state index in [4.69, 9.17) is 16.3 Å². The zero-order valence-electron chi connectivity index (χ0n) is 13.2. The summed E-state index contributed by atoms with van der Waals surface area (Å²) in [5, 5.41) is 6.92. The molecular weight excluding hydrogens is 288 g/mol. The van der Waals surface area contributed by atoms with Gasteiger partial charge in [0.2, 0.25) is 0 Å². The van der Waals surface area contributed by atoms with Crippen LogP contribution in [0.2, 0.25) is 5.02 Å². The highest BCUT2D eigenvalue weighted by Crippen LogP contribution is 2.10. The third-order valence-corrected chi connectivity index (χ3v) is 3.06. The van der Waals surface area contributed by atoms with E-state index >= 15 is 0 Å². The Balaban J connectivity index is 2.36. The zero-order valence-corrected chi connectivity index (χ0v) is 14.0. The molecule has 0 heterocycles. The summed E-state index contributed by atoms with van der Waals surface area (Å²) in [6.07, 6.45) is 0.459. The summed E-state index contributed by atoms with van der Waals surface area (Å²) in [6, 6.07) is 7.76. The summed E-state index contributed by atoms with van der Waals surface area (Å²) in [6.45, 7) is 8.99. The smallest absolute Gasteiger partial charge is 0.407 e. The highest BCUT2D eigenvalue weighted by atomic mass is 35.5. The van der Waals surface area contributed by atoms with Crippen molar-refractivity contribution in [1.82, 2.24) is 10.6 Å². The van der Waals surface area contributed by atoms with Crippen LogP contribution in [0.15, 0.2) is 24.3 Å². The number of halogens is 1. The van der Waals surface area contributed by atoms with Crippen LogP contribution in [0.3, 0.4) is 0 Å². The third kappa shape index (κ3) is 7.93. The number of alkyl carbamates (subject to hydrolysis) is 1. The molecular formula is C16H25ClN2O2. The molecule has 1 aromatic rings. The molecule has 1 rings (SSSR count). The van der Waals surface area contributed by atoms with Crippen LogP contribution < -0.4 is 10.6 Å². The van der Waals surface area contributed by atoms with Gasteiger partial charge in [0.15, 0.2) is 0 Å². The summed E-state index contributed by atoms with van der Waals surface area (Å²) in [5.74, 6) is 0. The molecule has 21 heavy (non-hydrogen) atoms. The van der Waals surface area contributed by atoms with Gasteiger partial charge in [-0.1, -0.05) is 30.7 Å². The van der Waals surface area contributed by atoms with Gasteiger partial charge in [0.05, 0.1) is 0 Å². The molecule has 0 aromatic heterocycles. The van der Waals surface area contributed by atoms with Crippen LogP contribution in [0, 0.1) is 0 Å². The lowest BCUT2D eigenvalue weighted by atomic mass is 10.2. The lowest BCUT2D eigenvalue weighted by Gasteiger charge is -2.23. The number of benzene rings is 1. The fraction of sp³-hybridized carbons (Fsp3) is 0.562. The van der Waals surface area contributed by atoms with E-state index in [-0.39, 0.29) is 12.1 Å². The van der Waals surface area contributed by atoms with E-state index in [0.717, 1.165) is 17.0 Å². The predicted octanol–water partition coefficient (Wildman–Crippen LogP) is 3.73. The van der Waals surface area contributed by atoms with Crippen molar-refractivity contribution >= 4 is 17.7 Å². The van der Waals surface area contributed by atoms with Gasteiger partial charge < -0.3 is 15.4 Å². The normalized spacial score (nSPS) is 12.8. The maximum Gasteiger partial charge on any atom is 0.407 e. The molecule has 0 fully saturated rings. The van der Waals surface area contributed by atoms with E-state index in [1.165, 1.54) is 0 Å². The van der Waals surface area contributed by atoms with Crippen molar-refractivity contribution in [3.05, 3.63) is 34.9 Å². The van der Waals surface area contributed by atoms with Gasteiger partial charge in [0.1, 0.15) is 5.60 Å². The van der Waals surface area contributed by atoms with Gasteiger partial charge in [-0.25, -0.2) is 4.79 Å². The quantitative estimate of drug-likeness (QED) is 0.841. The highest BCUT2D eigenvalue weighted by Gasteiger charge is 2.18. The Kier molecular flexibility index (Phi) is 6.99. The van der Waals surface area contributed by atoms with Gasteiger partial charge in [0.25, 0.3) is 0 Å². The highest BCUT2D eigenvalue weighted by molar-refractivity contribution is 6.30. The molecule has 0 aliphatic rings. The van der Waals surface area contributed by atoms with Crippen LogP contribution in [-0.2, 0) is 11.3 Å². The van der Waals surface area contributed by atoms with Gasteiger partial charge in [0, 0.05) is 24.2 Å². The number of rotatable bonds is 6. The molecule has 5 heteroatoms. The van der Waals surface area contributed by atoms with Gasteiger partial charge in [-0.3, -0.25) is 0 Å². The van der Waals surface area contributed by atoms with E-state index in [1.807, 2.05) is 52.0 Å². The summed E-state index contributed by atoms with van der Waals surface area (Å²) in [4.78, 5) is 11.7. The first-order valence-electron chi connectivity index (χ1n) is 7.25. The fourth-order valence-corrected chi connectivity index (χ4v) is 2.02. The van der Waals surface area contributed by atoms with Crippen molar-refractivity contribution in [3.63, 3.8) is 0 Å². The lowest BCUT2D eigenvalue weighted by molar-refractivity contribution is 0.0502. The van der Waals surface area contributed by atoms with E-state index in [9.17, 15) is 4.79 Å². The van der Waals surface area contributed by atoms with Gasteiger partial charge in [-0.05, 0) is 44.9 Å². The van der Waals surface area contributed by atoms with Crippen molar-refractivity contribution in [2.75, 3.05) is 6.54 Å². The molecule has 0 saturated heterocycles. The lowest BCUT2D eigenvalue weighted by Crippen LogP contribution is -2.43. The molecule has 118 valence electrons. The minimum absolute atomic E-state index is 0.0408. The fourth-order valence-electron chi connectivity index (χ4n) is 1.81. The molecule has 0 saturated carbocycles.